The Morgan fingerprint density at radius 3 is 2.38 bits per heavy atom. The summed E-state index contributed by atoms with van der Waals surface area (Å²) >= 11 is 0. The molecule has 0 aliphatic heterocycles. The van der Waals surface area contributed by atoms with Crippen LogP contribution in [0.25, 0.3) is 22.1 Å². The molecule has 0 saturated heterocycles. The predicted octanol–water partition coefficient (Wildman–Crippen LogP) is 4.58. The molecule has 1 aliphatic rings. The Kier molecular flexibility index (Phi) is 5.16. The third-order valence-electron chi connectivity index (χ3n) is 6.01. The molecule has 34 heavy (non-hydrogen) atoms. The molecule has 1 saturated carbocycles. The fourth-order valence-corrected chi connectivity index (χ4v) is 3.91. The molecule has 172 valence electrons. The van der Waals surface area contributed by atoms with Gasteiger partial charge in [-0.15, -0.1) is 0 Å². The van der Waals surface area contributed by atoms with E-state index in [2.05, 4.69) is 15.8 Å². The summed E-state index contributed by atoms with van der Waals surface area (Å²) in [5.74, 6) is -1.05. The molecule has 0 radical (unpaired) electrons. The van der Waals surface area contributed by atoms with E-state index in [4.69, 9.17) is 15.0 Å². The monoisotopic (exact) mass is 460 g/mol. The number of ether oxygens (including phenoxy) is 1. The number of benzene rings is 3. The lowest BCUT2D eigenvalue weighted by molar-refractivity contribution is -0.131. The van der Waals surface area contributed by atoms with E-state index in [-0.39, 0.29) is 5.75 Å². The Bertz CT molecular complexity index is 1410. The van der Waals surface area contributed by atoms with Gasteiger partial charge in [-0.2, -0.15) is 0 Å². The SMILES string of the molecule is COc1cc(NC(=O)C2(C(=O)Nc3ccc(-c4cccc5onc(N)c45)cc3)CC2)ccc1F. The van der Waals surface area contributed by atoms with Crippen molar-refractivity contribution in [1.82, 2.24) is 5.16 Å². The Hall–Kier alpha value is -4.40. The second kappa shape index (κ2) is 8.18. The van der Waals surface area contributed by atoms with Gasteiger partial charge in [-0.3, -0.25) is 9.59 Å². The van der Waals surface area contributed by atoms with E-state index in [1.807, 2.05) is 24.3 Å². The van der Waals surface area contributed by atoms with Crippen molar-refractivity contribution in [3.05, 3.63) is 66.5 Å². The molecule has 4 aromatic rings. The van der Waals surface area contributed by atoms with Crippen molar-refractivity contribution in [2.75, 3.05) is 23.5 Å². The molecule has 0 unspecified atom stereocenters. The van der Waals surface area contributed by atoms with Crippen molar-refractivity contribution in [3.8, 4) is 16.9 Å². The summed E-state index contributed by atoms with van der Waals surface area (Å²) in [5, 5.41) is 10.1. The van der Waals surface area contributed by atoms with Crippen LogP contribution in [-0.2, 0) is 9.59 Å². The molecule has 0 atom stereocenters. The van der Waals surface area contributed by atoms with E-state index in [9.17, 15) is 14.0 Å². The van der Waals surface area contributed by atoms with Crippen LogP contribution in [0, 0.1) is 11.2 Å². The average Bonchev–Trinajstić information content (AvgIpc) is 3.58. The average molecular weight is 460 g/mol. The van der Waals surface area contributed by atoms with E-state index < -0.39 is 23.0 Å². The number of nitrogens with zero attached hydrogens (tertiary/aromatic N) is 1. The summed E-state index contributed by atoms with van der Waals surface area (Å²) < 4.78 is 23.8. The van der Waals surface area contributed by atoms with Gasteiger partial charge in [-0.1, -0.05) is 29.4 Å². The predicted molar refractivity (Wildman–Crippen MR) is 126 cm³/mol. The Balaban J connectivity index is 1.30. The highest BCUT2D eigenvalue weighted by atomic mass is 19.1. The fourth-order valence-electron chi connectivity index (χ4n) is 3.91. The number of carbonyl (C=O) groups is 2. The van der Waals surface area contributed by atoms with Crippen molar-refractivity contribution in [2.45, 2.75) is 12.8 Å². The molecular formula is C25H21FN4O4. The summed E-state index contributed by atoms with van der Waals surface area (Å²) in [7, 11) is 1.34. The zero-order chi connectivity index (χ0) is 23.9. The third kappa shape index (κ3) is 3.71. The van der Waals surface area contributed by atoms with Crippen molar-refractivity contribution in [1.29, 1.82) is 0 Å². The number of aromatic nitrogens is 1. The highest BCUT2D eigenvalue weighted by molar-refractivity contribution is 6.17. The smallest absolute Gasteiger partial charge is 0.240 e. The van der Waals surface area contributed by atoms with Gasteiger partial charge in [0.15, 0.2) is 23.0 Å². The van der Waals surface area contributed by atoms with Gasteiger partial charge in [0.2, 0.25) is 11.8 Å². The summed E-state index contributed by atoms with van der Waals surface area (Å²) in [6.07, 6.45) is 0.853. The van der Waals surface area contributed by atoms with Crippen LogP contribution in [0.4, 0.5) is 21.6 Å². The first-order valence-electron chi connectivity index (χ1n) is 10.6. The van der Waals surface area contributed by atoms with Gasteiger partial charge in [0.25, 0.3) is 0 Å². The zero-order valence-electron chi connectivity index (χ0n) is 18.2. The van der Waals surface area contributed by atoms with Crippen LogP contribution in [0.15, 0.2) is 65.2 Å². The summed E-state index contributed by atoms with van der Waals surface area (Å²) in [6.45, 7) is 0. The van der Waals surface area contributed by atoms with Crippen LogP contribution >= 0.6 is 0 Å². The van der Waals surface area contributed by atoms with E-state index in [0.29, 0.717) is 35.6 Å². The molecule has 5 rings (SSSR count). The lowest BCUT2D eigenvalue weighted by Gasteiger charge is -2.16. The van der Waals surface area contributed by atoms with E-state index >= 15 is 0 Å². The number of rotatable bonds is 6. The summed E-state index contributed by atoms with van der Waals surface area (Å²) in [5.41, 5.74) is 8.03. The molecule has 2 amide bonds. The van der Waals surface area contributed by atoms with Crippen LogP contribution in [0.2, 0.25) is 0 Å². The molecule has 1 aliphatic carbocycles. The highest BCUT2D eigenvalue weighted by Gasteiger charge is 2.56. The van der Waals surface area contributed by atoms with Gasteiger partial charge in [-0.25, -0.2) is 4.39 Å². The number of amides is 2. The number of halogens is 1. The lowest BCUT2D eigenvalue weighted by atomic mass is 10.0. The summed E-state index contributed by atoms with van der Waals surface area (Å²) in [6, 6.07) is 16.8. The van der Waals surface area contributed by atoms with Gasteiger partial charge in [0.1, 0.15) is 5.41 Å². The number of hydrogen-bond acceptors (Lipinski definition) is 6. The molecule has 8 nitrogen and oxygen atoms in total. The van der Waals surface area contributed by atoms with Gasteiger partial charge < -0.3 is 25.6 Å². The first-order valence-corrected chi connectivity index (χ1v) is 10.6. The topological polar surface area (TPSA) is 119 Å². The zero-order valence-corrected chi connectivity index (χ0v) is 18.2. The Labute approximate surface area is 193 Å². The highest BCUT2D eigenvalue weighted by Crippen LogP contribution is 2.47. The van der Waals surface area contributed by atoms with Gasteiger partial charge in [-0.05, 0) is 54.3 Å². The van der Waals surface area contributed by atoms with Crippen LogP contribution < -0.4 is 21.1 Å². The number of nitrogen functional groups attached to an aromatic ring is 1. The van der Waals surface area contributed by atoms with Crippen LogP contribution in [0.1, 0.15) is 12.8 Å². The number of methoxy groups -OCH3 is 1. The second-order valence-corrected chi connectivity index (χ2v) is 8.16. The molecule has 4 N–H and O–H groups in total. The fraction of sp³-hybridized carbons (Fsp3) is 0.160. The van der Waals surface area contributed by atoms with Crippen molar-refractivity contribution in [3.63, 3.8) is 0 Å². The summed E-state index contributed by atoms with van der Waals surface area (Å²) in [4.78, 5) is 25.8. The van der Waals surface area contributed by atoms with Crippen LogP contribution in [0.5, 0.6) is 5.75 Å². The normalized spacial score (nSPS) is 13.9. The molecule has 1 aromatic heterocycles. The van der Waals surface area contributed by atoms with Crippen LogP contribution in [0.3, 0.4) is 0 Å². The number of fused-ring (bicyclic) bond motifs is 1. The Morgan fingerprint density at radius 2 is 1.71 bits per heavy atom. The number of hydrogen-bond donors (Lipinski definition) is 3. The number of nitrogens with one attached hydrogen (secondary N) is 2. The minimum Gasteiger partial charge on any atom is -0.494 e. The molecule has 9 heteroatoms. The molecule has 3 aromatic carbocycles. The minimum atomic E-state index is -1.16. The quantitative estimate of drug-likeness (QED) is 0.362. The lowest BCUT2D eigenvalue weighted by Crippen LogP contribution is -2.35. The number of anilines is 3. The number of nitrogens with two attached hydrogens (primary N) is 1. The largest absolute Gasteiger partial charge is 0.494 e. The van der Waals surface area contributed by atoms with Crippen LogP contribution in [-0.4, -0.2) is 24.1 Å². The van der Waals surface area contributed by atoms with Gasteiger partial charge in [0, 0.05) is 17.4 Å². The maximum atomic E-state index is 13.6. The number of carbonyl (C=O) groups excluding carboxylic acids is 2. The molecular weight excluding hydrogens is 439 g/mol. The van der Waals surface area contributed by atoms with Gasteiger partial charge >= 0.3 is 0 Å². The molecule has 0 spiro atoms. The standard InChI is InChI=1S/C25H21FN4O4/c1-33-20-13-16(9-10-18(20)26)29-24(32)25(11-12-25)23(31)28-15-7-5-14(6-8-15)17-3-2-4-19-21(17)22(27)30-34-19/h2-10,13H,11-12H2,1H3,(H2,27,30)(H,28,31)(H,29,32). The first kappa shape index (κ1) is 21.4. The van der Waals surface area contributed by atoms with Gasteiger partial charge in [0.05, 0.1) is 12.5 Å². The second-order valence-electron chi connectivity index (χ2n) is 8.16. The molecule has 1 fully saturated rings. The maximum Gasteiger partial charge on any atom is 0.240 e. The van der Waals surface area contributed by atoms with Crippen molar-refractivity contribution < 1.29 is 23.2 Å². The first-order chi connectivity index (χ1) is 16.4. The van der Waals surface area contributed by atoms with Crippen molar-refractivity contribution in [2.24, 2.45) is 5.41 Å². The van der Waals surface area contributed by atoms with Crippen molar-refractivity contribution >= 4 is 40.0 Å². The van der Waals surface area contributed by atoms with E-state index in [0.717, 1.165) is 16.5 Å². The molecule has 0 bridgehead atoms. The minimum absolute atomic E-state index is 0.0100. The maximum absolute atomic E-state index is 13.6. The van der Waals surface area contributed by atoms with E-state index in [1.165, 1.54) is 25.3 Å². The Morgan fingerprint density at radius 1 is 1.03 bits per heavy atom. The van der Waals surface area contributed by atoms with E-state index in [1.54, 1.807) is 18.2 Å². The third-order valence-corrected chi connectivity index (χ3v) is 6.01. The molecule has 1 heterocycles.